The maximum Gasteiger partial charge on any atom is 0.422 e. The van der Waals surface area contributed by atoms with Crippen LogP contribution in [0.3, 0.4) is 0 Å². The van der Waals surface area contributed by atoms with Crippen LogP contribution in [0.15, 0.2) is 0 Å². The molecule has 0 bridgehead atoms. The second-order valence-electron chi connectivity index (χ2n) is 4.23. The summed E-state index contributed by atoms with van der Waals surface area (Å²) in [6.45, 7) is 1.10. The summed E-state index contributed by atoms with van der Waals surface area (Å²) in [6.07, 6.45) is -9.71. The number of carbonyl (C=O) groups is 1. The molecular weight excluding hydrogens is 266 g/mol. The number of ether oxygens (including phenoxy) is 1. The quantitative estimate of drug-likeness (QED) is 0.579. The number of halogens is 6. The van der Waals surface area contributed by atoms with Crippen LogP contribution in [0.1, 0.15) is 27.2 Å². The van der Waals surface area contributed by atoms with Gasteiger partial charge in [0.15, 0.2) is 6.61 Å². The number of hydrogen-bond acceptors (Lipinski definition) is 2. The molecular formula is C10H14F6O2. The summed E-state index contributed by atoms with van der Waals surface area (Å²) in [5.74, 6) is -3.58. The van der Waals surface area contributed by atoms with Gasteiger partial charge >= 0.3 is 18.3 Å². The molecule has 8 heteroatoms. The molecule has 0 aromatic rings. The maximum absolute atomic E-state index is 12.5. The zero-order valence-electron chi connectivity index (χ0n) is 10.1. The van der Waals surface area contributed by atoms with Crippen LogP contribution in [0.2, 0.25) is 0 Å². The number of carbonyl (C=O) groups excluding carboxylic acids is 1. The van der Waals surface area contributed by atoms with Crippen molar-refractivity contribution >= 4 is 5.97 Å². The normalized spacial score (nSPS) is 18.1. The fourth-order valence-corrected chi connectivity index (χ4v) is 1.30. The van der Waals surface area contributed by atoms with Gasteiger partial charge in [0.25, 0.3) is 0 Å². The third kappa shape index (κ3) is 4.38. The third-order valence-corrected chi connectivity index (χ3v) is 3.01. The minimum atomic E-state index is -4.76. The molecule has 108 valence electrons. The summed E-state index contributed by atoms with van der Waals surface area (Å²) in [5, 5.41) is 0. The maximum atomic E-state index is 12.5. The van der Waals surface area contributed by atoms with Gasteiger partial charge in [-0.2, -0.15) is 26.3 Å². The van der Waals surface area contributed by atoms with Gasteiger partial charge in [0.1, 0.15) is 0 Å². The number of hydrogen-bond donors (Lipinski definition) is 0. The Morgan fingerprint density at radius 1 is 1.17 bits per heavy atom. The summed E-state index contributed by atoms with van der Waals surface area (Å²) >= 11 is 0. The van der Waals surface area contributed by atoms with E-state index in [9.17, 15) is 31.1 Å². The van der Waals surface area contributed by atoms with Crippen molar-refractivity contribution in [1.82, 2.24) is 0 Å². The second kappa shape index (κ2) is 5.36. The first-order valence-electron chi connectivity index (χ1n) is 5.15. The monoisotopic (exact) mass is 280 g/mol. The summed E-state index contributed by atoms with van der Waals surface area (Å²) in [7, 11) is 0. The molecule has 0 fully saturated rings. The third-order valence-electron chi connectivity index (χ3n) is 3.01. The van der Waals surface area contributed by atoms with Crippen LogP contribution >= 0.6 is 0 Å². The molecule has 2 nitrogen and oxygen atoms in total. The fraction of sp³-hybridized carbons (Fsp3) is 0.900. The topological polar surface area (TPSA) is 26.3 Å². The predicted molar refractivity (Wildman–Crippen MR) is 50.6 cm³/mol. The van der Waals surface area contributed by atoms with E-state index in [1.54, 1.807) is 0 Å². The highest BCUT2D eigenvalue weighted by molar-refractivity contribution is 5.76. The van der Waals surface area contributed by atoms with E-state index in [1.807, 2.05) is 0 Å². The smallest absolute Gasteiger partial charge is 0.422 e. The van der Waals surface area contributed by atoms with Crippen LogP contribution < -0.4 is 0 Å². The summed E-state index contributed by atoms with van der Waals surface area (Å²) < 4.78 is 77.1. The van der Waals surface area contributed by atoms with E-state index < -0.39 is 36.3 Å². The van der Waals surface area contributed by atoms with Gasteiger partial charge in [-0.15, -0.1) is 0 Å². The summed E-state index contributed by atoms with van der Waals surface area (Å²) in [5.41, 5.74) is -2.02. The molecule has 2 atom stereocenters. The predicted octanol–water partition coefficient (Wildman–Crippen LogP) is 3.71. The van der Waals surface area contributed by atoms with Crippen molar-refractivity contribution in [3.63, 3.8) is 0 Å². The standard InChI is InChI=1S/C10H14F6O2/c1-4-8(3,6(2)10(14,15)16)7(17)18-5-9(11,12)13/h6H,4-5H2,1-3H3. The van der Waals surface area contributed by atoms with Crippen molar-refractivity contribution < 1.29 is 35.9 Å². The Balaban J connectivity index is 4.90. The van der Waals surface area contributed by atoms with Crippen LogP contribution in [0.25, 0.3) is 0 Å². The Labute approximate surface area is 100 Å². The van der Waals surface area contributed by atoms with Crippen LogP contribution in [-0.2, 0) is 9.53 Å². The first kappa shape index (κ1) is 17.1. The van der Waals surface area contributed by atoms with Gasteiger partial charge in [-0.05, 0) is 13.3 Å². The molecule has 0 aliphatic heterocycles. The molecule has 0 aromatic carbocycles. The van der Waals surface area contributed by atoms with Crippen LogP contribution in [-0.4, -0.2) is 24.9 Å². The molecule has 0 saturated heterocycles. The highest BCUT2D eigenvalue weighted by Crippen LogP contribution is 2.42. The Bertz CT molecular complexity index is 296. The van der Waals surface area contributed by atoms with Gasteiger partial charge in [-0.1, -0.05) is 13.8 Å². The van der Waals surface area contributed by atoms with Crippen LogP contribution in [0.5, 0.6) is 0 Å². The summed E-state index contributed by atoms with van der Waals surface area (Å²) in [4.78, 5) is 11.4. The average molecular weight is 280 g/mol. The van der Waals surface area contributed by atoms with Crippen molar-refractivity contribution in [2.24, 2.45) is 11.3 Å². The van der Waals surface area contributed by atoms with Gasteiger partial charge in [-0.25, -0.2) is 0 Å². The molecule has 0 rings (SSSR count). The van der Waals surface area contributed by atoms with E-state index in [-0.39, 0.29) is 6.42 Å². The fourth-order valence-electron chi connectivity index (χ4n) is 1.30. The Hall–Kier alpha value is -0.950. The van der Waals surface area contributed by atoms with Crippen molar-refractivity contribution in [1.29, 1.82) is 0 Å². The Morgan fingerprint density at radius 3 is 1.89 bits per heavy atom. The molecule has 18 heavy (non-hydrogen) atoms. The first-order chi connectivity index (χ1) is 7.84. The Morgan fingerprint density at radius 2 is 1.61 bits per heavy atom. The number of esters is 1. The van der Waals surface area contributed by atoms with E-state index in [0.29, 0.717) is 0 Å². The van der Waals surface area contributed by atoms with Gasteiger partial charge < -0.3 is 4.74 Å². The van der Waals surface area contributed by atoms with Gasteiger partial charge in [0.05, 0.1) is 11.3 Å². The minimum absolute atomic E-state index is 0.273. The molecule has 0 heterocycles. The number of rotatable bonds is 4. The lowest BCUT2D eigenvalue weighted by Gasteiger charge is -2.33. The van der Waals surface area contributed by atoms with Gasteiger partial charge in [-0.3, -0.25) is 4.79 Å². The zero-order valence-corrected chi connectivity index (χ0v) is 10.1. The molecule has 0 aromatic heterocycles. The molecule has 0 N–H and O–H groups in total. The van der Waals surface area contributed by atoms with Gasteiger partial charge in [0, 0.05) is 0 Å². The number of alkyl halides is 6. The van der Waals surface area contributed by atoms with Gasteiger partial charge in [0.2, 0.25) is 0 Å². The highest BCUT2D eigenvalue weighted by atomic mass is 19.4. The molecule has 0 saturated carbocycles. The SMILES string of the molecule is CCC(C)(C(=O)OCC(F)(F)F)C(C)C(F)(F)F. The van der Waals surface area contributed by atoms with E-state index >= 15 is 0 Å². The molecule has 0 aliphatic rings. The van der Waals surface area contributed by atoms with Crippen molar-refractivity contribution in [3.05, 3.63) is 0 Å². The highest BCUT2D eigenvalue weighted by Gasteiger charge is 2.52. The largest absolute Gasteiger partial charge is 0.456 e. The van der Waals surface area contributed by atoms with Crippen LogP contribution in [0, 0.1) is 11.3 Å². The van der Waals surface area contributed by atoms with E-state index in [1.165, 1.54) is 6.92 Å². The lowest BCUT2D eigenvalue weighted by atomic mass is 9.75. The molecule has 0 radical (unpaired) electrons. The zero-order chi connectivity index (χ0) is 14.8. The van der Waals surface area contributed by atoms with Crippen molar-refractivity contribution in [3.8, 4) is 0 Å². The van der Waals surface area contributed by atoms with E-state index in [0.717, 1.165) is 13.8 Å². The van der Waals surface area contributed by atoms with Crippen molar-refractivity contribution in [2.45, 2.75) is 39.5 Å². The van der Waals surface area contributed by atoms with E-state index in [4.69, 9.17) is 0 Å². The minimum Gasteiger partial charge on any atom is -0.456 e. The molecule has 0 aliphatic carbocycles. The lowest BCUT2D eigenvalue weighted by molar-refractivity contribution is -0.221. The van der Waals surface area contributed by atoms with Crippen LogP contribution in [0.4, 0.5) is 26.3 Å². The molecule has 0 amide bonds. The average Bonchev–Trinajstić information content (AvgIpc) is 2.21. The first-order valence-corrected chi connectivity index (χ1v) is 5.15. The molecule has 2 unspecified atom stereocenters. The molecule has 0 spiro atoms. The Kier molecular flexibility index (Phi) is 5.07. The second-order valence-corrected chi connectivity index (χ2v) is 4.23. The lowest BCUT2D eigenvalue weighted by Crippen LogP contribution is -2.43. The summed E-state index contributed by atoms with van der Waals surface area (Å²) in [6, 6.07) is 0. The van der Waals surface area contributed by atoms with E-state index in [2.05, 4.69) is 4.74 Å². The van der Waals surface area contributed by atoms with Crippen molar-refractivity contribution in [2.75, 3.05) is 6.61 Å².